The summed E-state index contributed by atoms with van der Waals surface area (Å²) in [6, 6.07) is 6.38. The first-order valence-corrected chi connectivity index (χ1v) is 11.2. The van der Waals surface area contributed by atoms with Crippen LogP contribution in [0.25, 0.3) is 0 Å². The molecule has 25 heavy (non-hydrogen) atoms. The molecule has 1 aromatic rings. The molecular weight excluding hydrogens is 336 g/mol. The molecule has 0 saturated carbocycles. The molecule has 5 heteroatoms. The Kier molecular flexibility index (Phi) is 10.1. The fourth-order valence-electron chi connectivity index (χ4n) is 2.83. The zero-order valence-electron chi connectivity index (χ0n) is 16.0. The van der Waals surface area contributed by atoms with Crippen LogP contribution in [0.2, 0.25) is 0 Å². The Morgan fingerprint density at radius 1 is 1.04 bits per heavy atom. The summed E-state index contributed by atoms with van der Waals surface area (Å²) in [6.45, 7) is 6.24. The number of unbranched alkanes of at least 4 members (excludes halogenated alkanes) is 4. The maximum absolute atomic E-state index is 10.9. The van der Waals surface area contributed by atoms with Gasteiger partial charge < -0.3 is 4.74 Å². The highest BCUT2D eigenvalue weighted by atomic mass is 32.2. The van der Waals surface area contributed by atoms with E-state index >= 15 is 0 Å². The lowest BCUT2D eigenvalue weighted by Crippen LogP contribution is -2.18. The van der Waals surface area contributed by atoms with Gasteiger partial charge in [-0.25, -0.2) is 0 Å². The van der Waals surface area contributed by atoms with Gasteiger partial charge in [0, 0.05) is 6.42 Å². The highest BCUT2D eigenvalue weighted by molar-refractivity contribution is 7.85. The van der Waals surface area contributed by atoms with Crippen molar-refractivity contribution in [1.29, 1.82) is 0 Å². The van der Waals surface area contributed by atoms with Gasteiger partial charge in [-0.3, -0.25) is 4.55 Å². The lowest BCUT2D eigenvalue weighted by atomic mass is 10.00. The van der Waals surface area contributed by atoms with Crippen molar-refractivity contribution in [2.24, 2.45) is 0 Å². The summed E-state index contributed by atoms with van der Waals surface area (Å²) in [4.78, 5) is 0. The average Bonchev–Trinajstić information content (AvgIpc) is 2.55. The van der Waals surface area contributed by atoms with E-state index in [0.717, 1.165) is 25.0 Å². The molecule has 144 valence electrons. The highest BCUT2D eigenvalue weighted by Crippen LogP contribution is 2.25. The number of ether oxygens (including phenoxy) is 1. The second-order valence-corrected chi connectivity index (χ2v) is 8.43. The van der Waals surface area contributed by atoms with Crippen molar-refractivity contribution in [3.05, 3.63) is 29.3 Å². The van der Waals surface area contributed by atoms with Crippen LogP contribution < -0.4 is 4.74 Å². The molecule has 0 aromatic heterocycles. The van der Waals surface area contributed by atoms with Crippen molar-refractivity contribution in [3.63, 3.8) is 0 Å². The Labute approximate surface area is 153 Å². The molecule has 0 aliphatic carbocycles. The lowest BCUT2D eigenvalue weighted by Gasteiger charge is -2.18. The molecule has 0 saturated heterocycles. The standard InChI is InChI=1S/C20H34O4S/c1-4-6-8-10-18-12-13-20(19(16-18)11-9-7-5-2)24-17(3)14-15-25(21,22)23/h12-13,16-17H,4-11,14-15H2,1-3H3,(H,21,22,23). The zero-order valence-corrected chi connectivity index (χ0v) is 16.8. The average molecular weight is 371 g/mol. The van der Waals surface area contributed by atoms with Crippen molar-refractivity contribution >= 4 is 10.1 Å². The molecule has 0 heterocycles. The van der Waals surface area contributed by atoms with E-state index in [2.05, 4.69) is 26.0 Å². The third kappa shape index (κ3) is 9.85. The quantitative estimate of drug-likeness (QED) is 0.383. The summed E-state index contributed by atoms with van der Waals surface area (Å²) in [5, 5.41) is 0. The molecule has 1 rings (SSSR count). The molecule has 0 aliphatic heterocycles. The van der Waals surface area contributed by atoms with Gasteiger partial charge in [0.05, 0.1) is 11.9 Å². The van der Waals surface area contributed by atoms with E-state index in [9.17, 15) is 8.42 Å². The van der Waals surface area contributed by atoms with E-state index < -0.39 is 10.1 Å². The number of rotatable bonds is 13. The fraction of sp³-hybridized carbons (Fsp3) is 0.700. The van der Waals surface area contributed by atoms with E-state index in [0.29, 0.717) is 0 Å². The molecule has 4 nitrogen and oxygen atoms in total. The van der Waals surface area contributed by atoms with Crippen LogP contribution in [0.15, 0.2) is 18.2 Å². The molecule has 1 unspecified atom stereocenters. The molecule has 0 amide bonds. The smallest absolute Gasteiger partial charge is 0.264 e. The monoisotopic (exact) mass is 370 g/mol. The maximum atomic E-state index is 10.9. The largest absolute Gasteiger partial charge is 0.490 e. The minimum Gasteiger partial charge on any atom is -0.490 e. The van der Waals surface area contributed by atoms with Gasteiger partial charge in [-0.1, -0.05) is 51.7 Å². The number of aryl methyl sites for hydroxylation is 2. The molecule has 1 aromatic carbocycles. The van der Waals surface area contributed by atoms with Crippen molar-refractivity contribution in [3.8, 4) is 5.75 Å². The minimum atomic E-state index is -3.94. The molecule has 0 aliphatic rings. The first kappa shape index (κ1) is 22.0. The summed E-state index contributed by atoms with van der Waals surface area (Å²) < 4.78 is 36.7. The normalized spacial score (nSPS) is 13.0. The van der Waals surface area contributed by atoms with E-state index in [1.165, 1.54) is 43.2 Å². The van der Waals surface area contributed by atoms with Crippen LogP contribution in [0.4, 0.5) is 0 Å². The Balaban J connectivity index is 2.76. The summed E-state index contributed by atoms with van der Waals surface area (Å²) in [5.74, 6) is 0.576. The van der Waals surface area contributed by atoms with Crippen LogP contribution >= 0.6 is 0 Å². The molecule has 0 spiro atoms. The second-order valence-electron chi connectivity index (χ2n) is 6.86. The van der Waals surface area contributed by atoms with Crippen LogP contribution in [0.3, 0.4) is 0 Å². The molecular formula is C20H34O4S. The van der Waals surface area contributed by atoms with Crippen molar-refractivity contribution in [1.82, 2.24) is 0 Å². The summed E-state index contributed by atoms with van der Waals surface area (Å²) in [6.07, 6.45) is 9.27. The van der Waals surface area contributed by atoms with Gasteiger partial charge >= 0.3 is 0 Å². The van der Waals surface area contributed by atoms with E-state index in [4.69, 9.17) is 9.29 Å². The van der Waals surface area contributed by atoms with Gasteiger partial charge in [0.1, 0.15) is 5.75 Å². The number of benzene rings is 1. The third-order valence-corrected chi connectivity index (χ3v) is 5.11. The van der Waals surface area contributed by atoms with Gasteiger partial charge in [-0.15, -0.1) is 0 Å². The summed E-state index contributed by atoms with van der Waals surface area (Å²) in [5.41, 5.74) is 2.55. The van der Waals surface area contributed by atoms with E-state index in [1.807, 2.05) is 13.0 Å². The van der Waals surface area contributed by atoms with Crippen LogP contribution in [0.5, 0.6) is 5.75 Å². The van der Waals surface area contributed by atoms with Gasteiger partial charge in [-0.2, -0.15) is 8.42 Å². The van der Waals surface area contributed by atoms with Gasteiger partial charge in [0.15, 0.2) is 0 Å². The van der Waals surface area contributed by atoms with Crippen LogP contribution in [0.1, 0.15) is 76.8 Å². The van der Waals surface area contributed by atoms with E-state index in [1.54, 1.807) is 0 Å². The first-order chi connectivity index (χ1) is 11.9. The summed E-state index contributed by atoms with van der Waals surface area (Å²) in [7, 11) is -3.94. The first-order valence-electron chi connectivity index (χ1n) is 9.59. The Hall–Kier alpha value is -1.07. The van der Waals surface area contributed by atoms with Gasteiger partial charge in [0.25, 0.3) is 10.1 Å². The van der Waals surface area contributed by atoms with Crippen molar-refractivity contribution in [2.75, 3.05) is 5.75 Å². The molecule has 0 fully saturated rings. The molecule has 0 radical (unpaired) electrons. The van der Waals surface area contributed by atoms with Crippen molar-refractivity contribution in [2.45, 2.75) is 84.7 Å². The number of hydrogen-bond acceptors (Lipinski definition) is 3. The van der Waals surface area contributed by atoms with Gasteiger partial charge in [-0.05, 0) is 49.8 Å². The minimum absolute atomic E-state index is 0.252. The summed E-state index contributed by atoms with van der Waals surface area (Å²) >= 11 is 0. The van der Waals surface area contributed by atoms with Crippen LogP contribution in [0, 0.1) is 0 Å². The van der Waals surface area contributed by atoms with Gasteiger partial charge in [0.2, 0.25) is 0 Å². The molecule has 1 atom stereocenters. The fourth-order valence-corrected chi connectivity index (χ4v) is 3.46. The predicted octanol–water partition coefficient (Wildman–Crippen LogP) is 5.20. The Morgan fingerprint density at radius 3 is 2.28 bits per heavy atom. The molecule has 0 bridgehead atoms. The maximum Gasteiger partial charge on any atom is 0.264 e. The molecule has 1 N–H and O–H groups in total. The van der Waals surface area contributed by atoms with Crippen LogP contribution in [-0.2, 0) is 23.0 Å². The number of hydrogen-bond donors (Lipinski definition) is 1. The second kappa shape index (κ2) is 11.5. The Bertz CT molecular complexity index is 596. The lowest BCUT2D eigenvalue weighted by molar-refractivity contribution is 0.215. The predicted molar refractivity (Wildman–Crippen MR) is 104 cm³/mol. The highest BCUT2D eigenvalue weighted by Gasteiger charge is 2.13. The van der Waals surface area contributed by atoms with Crippen LogP contribution in [-0.4, -0.2) is 24.8 Å². The van der Waals surface area contributed by atoms with Crippen molar-refractivity contribution < 1.29 is 17.7 Å². The van der Waals surface area contributed by atoms with E-state index in [-0.39, 0.29) is 18.3 Å². The third-order valence-electron chi connectivity index (χ3n) is 4.35. The Morgan fingerprint density at radius 2 is 1.68 bits per heavy atom. The topological polar surface area (TPSA) is 63.6 Å². The SMILES string of the molecule is CCCCCc1ccc(OC(C)CCS(=O)(=O)O)c(CCCCC)c1. The zero-order chi connectivity index (χ0) is 18.7.